The van der Waals surface area contributed by atoms with Gasteiger partial charge in [-0.05, 0) is 80.5 Å². The fraction of sp³-hybridized carbons (Fsp3) is 0.409. The van der Waals surface area contributed by atoms with E-state index in [1.54, 1.807) is 50.4 Å². The maximum absolute atomic E-state index is 12.9. The van der Waals surface area contributed by atoms with Gasteiger partial charge in [0.15, 0.2) is 0 Å². The number of amides is 1. The lowest BCUT2D eigenvalue weighted by Gasteiger charge is -2.27. The maximum Gasteiger partial charge on any atom is 0.262 e. The summed E-state index contributed by atoms with van der Waals surface area (Å²) in [5, 5.41) is 3.05. The van der Waals surface area contributed by atoms with Gasteiger partial charge in [-0.3, -0.25) is 9.52 Å². The zero-order chi connectivity index (χ0) is 21.0. The number of ether oxygens (including phenoxy) is 1. The summed E-state index contributed by atoms with van der Waals surface area (Å²) in [5.74, 6) is 1.11. The van der Waals surface area contributed by atoms with Gasteiger partial charge in [-0.15, -0.1) is 0 Å². The van der Waals surface area contributed by atoms with E-state index in [9.17, 15) is 13.2 Å². The molecule has 0 aromatic heterocycles. The lowest BCUT2D eigenvalue weighted by molar-refractivity contribution is 0.0922. The Morgan fingerprint density at radius 2 is 1.69 bits per heavy atom. The molecule has 1 aliphatic rings. The molecule has 156 valence electrons. The molecule has 7 heteroatoms. The number of methoxy groups -OCH3 is 1. The number of benzene rings is 2. The Hall–Kier alpha value is -2.54. The average Bonchev–Trinajstić information content (AvgIpc) is 2.70. The average molecular weight is 417 g/mol. The molecule has 0 saturated heterocycles. The molecule has 0 radical (unpaired) electrons. The van der Waals surface area contributed by atoms with Gasteiger partial charge in [0.25, 0.3) is 15.9 Å². The number of aryl methyl sites for hydroxylation is 1. The van der Waals surface area contributed by atoms with Crippen LogP contribution in [0.5, 0.6) is 5.75 Å². The molecule has 0 heterocycles. The molecular weight excluding hydrogens is 388 g/mol. The molecule has 2 aromatic rings. The highest BCUT2D eigenvalue weighted by atomic mass is 32.2. The molecule has 1 amide bonds. The summed E-state index contributed by atoms with van der Waals surface area (Å²) in [5.41, 5.74) is 1.36. The predicted molar refractivity (Wildman–Crippen MR) is 114 cm³/mol. The SMILES string of the molecule is COc1ccc(NS(=O)(=O)c2cc(C(=O)NC3CCC(C)CC3)ccc2C)cc1. The third-order valence-corrected chi connectivity index (χ3v) is 6.96. The Bertz CT molecular complexity index is 963. The number of rotatable bonds is 6. The van der Waals surface area contributed by atoms with Gasteiger partial charge in [-0.2, -0.15) is 0 Å². The topological polar surface area (TPSA) is 84.5 Å². The van der Waals surface area contributed by atoms with Crippen molar-refractivity contribution in [3.8, 4) is 5.75 Å². The summed E-state index contributed by atoms with van der Waals surface area (Å²) in [6.45, 7) is 3.94. The molecule has 0 aliphatic heterocycles. The van der Waals surface area contributed by atoms with Crippen LogP contribution in [0.3, 0.4) is 0 Å². The van der Waals surface area contributed by atoms with E-state index < -0.39 is 10.0 Å². The molecule has 3 rings (SSSR count). The first-order chi connectivity index (χ1) is 13.8. The maximum atomic E-state index is 12.9. The zero-order valence-electron chi connectivity index (χ0n) is 17.1. The van der Waals surface area contributed by atoms with Gasteiger partial charge in [0, 0.05) is 17.3 Å². The largest absolute Gasteiger partial charge is 0.497 e. The molecule has 1 aliphatic carbocycles. The van der Waals surface area contributed by atoms with E-state index in [-0.39, 0.29) is 16.8 Å². The third-order valence-electron chi connectivity index (χ3n) is 5.43. The van der Waals surface area contributed by atoms with Crippen LogP contribution in [-0.4, -0.2) is 27.5 Å². The predicted octanol–water partition coefficient (Wildman–Crippen LogP) is 4.11. The standard InChI is InChI=1S/C22H28N2O4S/c1-15-4-8-18(9-5-15)23-22(25)17-7-6-16(2)21(14-17)29(26,27)24-19-10-12-20(28-3)13-11-19/h6-7,10-15,18,24H,4-5,8-9H2,1-3H3,(H,23,25). The Morgan fingerprint density at radius 1 is 1.03 bits per heavy atom. The monoisotopic (exact) mass is 416 g/mol. The highest BCUT2D eigenvalue weighted by Gasteiger charge is 2.23. The molecule has 2 aromatic carbocycles. The first kappa shape index (κ1) is 21.2. The van der Waals surface area contributed by atoms with E-state index in [4.69, 9.17) is 4.74 Å². The summed E-state index contributed by atoms with van der Waals surface area (Å²) < 4.78 is 33.5. The lowest BCUT2D eigenvalue weighted by atomic mass is 9.87. The van der Waals surface area contributed by atoms with E-state index in [2.05, 4.69) is 17.0 Å². The first-order valence-electron chi connectivity index (χ1n) is 9.87. The fourth-order valence-corrected chi connectivity index (χ4v) is 4.90. The summed E-state index contributed by atoms with van der Waals surface area (Å²) in [6.07, 6.45) is 4.13. The van der Waals surface area contributed by atoms with E-state index in [1.165, 1.54) is 6.07 Å². The van der Waals surface area contributed by atoms with Crippen LogP contribution in [0.15, 0.2) is 47.4 Å². The summed E-state index contributed by atoms with van der Waals surface area (Å²) in [4.78, 5) is 12.8. The van der Waals surface area contributed by atoms with Crippen molar-refractivity contribution in [1.29, 1.82) is 0 Å². The molecule has 29 heavy (non-hydrogen) atoms. The van der Waals surface area contributed by atoms with Crippen molar-refractivity contribution in [2.45, 2.75) is 50.5 Å². The van der Waals surface area contributed by atoms with Crippen LogP contribution in [0.2, 0.25) is 0 Å². The van der Waals surface area contributed by atoms with Gasteiger partial charge < -0.3 is 10.1 Å². The molecule has 0 unspecified atom stereocenters. The van der Waals surface area contributed by atoms with E-state index in [0.717, 1.165) is 25.7 Å². The Morgan fingerprint density at radius 3 is 2.31 bits per heavy atom. The fourth-order valence-electron chi connectivity index (χ4n) is 3.57. The van der Waals surface area contributed by atoms with Crippen LogP contribution in [0.25, 0.3) is 0 Å². The van der Waals surface area contributed by atoms with Crippen LogP contribution in [0.1, 0.15) is 48.5 Å². The van der Waals surface area contributed by atoms with Gasteiger partial charge in [-0.25, -0.2) is 8.42 Å². The lowest BCUT2D eigenvalue weighted by Crippen LogP contribution is -2.37. The van der Waals surface area contributed by atoms with E-state index in [0.29, 0.717) is 28.5 Å². The van der Waals surface area contributed by atoms with Crippen molar-refractivity contribution in [2.75, 3.05) is 11.8 Å². The molecule has 1 saturated carbocycles. The molecule has 1 fully saturated rings. The number of carbonyl (C=O) groups is 1. The highest BCUT2D eigenvalue weighted by molar-refractivity contribution is 7.92. The smallest absolute Gasteiger partial charge is 0.262 e. The number of hydrogen-bond donors (Lipinski definition) is 2. The van der Waals surface area contributed by atoms with Crippen molar-refractivity contribution in [3.05, 3.63) is 53.6 Å². The van der Waals surface area contributed by atoms with Gasteiger partial charge in [0.2, 0.25) is 0 Å². The molecular formula is C22H28N2O4S. The summed E-state index contributed by atoms with van der Waals surface area (Å²) in [7, 11) is -2.28. The number of anilines is 1. The van der Waals surface area contributed by atoms with Gasteiger partial charge in [0.05, 0.1) is 12.0 Å². The quantitative estimate of drug-likeness (QED) is 0.742. The second kappa shape index (κ2) is 8.86. The third kappa shape index (κ3) is 5.29. The molecule has 2 N–H and O–H groups in total. The van der Waals surface area contributed by atoms with E-state index >= 15 is 0 Å². The van der Waals surface area contributed by atoms with Crippen molar-refractivity contribution < 1.29 is 17.9 Å². The van der Waals surface area contributed by atoms with Gasteiger partial charge >= 0.3 is 0 Å². The Kier molecular flexibility index (Phi) is 6.47. The summed E-state index contributed by atoms with van der Waals surface area (Å²) in [6, 6.07) is 11.6. The van der Waals surface area contributed by atoms with Crippen LogP contribution >= 0.6 is 0 Å². The molecule has 6 nitrogen and oxygen atoms in total. The number of sulfonamides is 1. The van der Waals surface area contributed by atoms with Crippen molar-refractivity contribution in [2.24, 2.45) is 5.92 Å². The second-order valence-electron chi connectivity index (χ2n) is 7.74. The van der Waals surface area contributed by atoms with Crippen LogP contribution < -0.4 is 14.8 Å². The Balaban J connectivity index is 1.77. The minimum atomic E-state index is -3.83. The number of nitrogens with one attached hydrogen (secondary N) is 2. The normalized spacial score (nSPS) is 19.4. The number of hydrogen-bond acceptors (Lipinski definition) is 4. The summed E-state index contributed by atoms with van der Waals surface area (Å²) >= 11 is 0. The second-order valence-corrected chi connectivity index (χ2v) is 9.40. The van der Waals surface area contributed by atoms with Crippen LogP contribution in [0.4, 0.5) is 5.69 Å². The first-order valence-corrected chi connectivity index (χ1v) is 11.3. The molecule has 0 atom stereocenters. The minimum absolute atomic E-state index is 0.0956. The highest BCUT2D eigenvalue weighted by Crippen LogP contribution is 2.25. The van der Waals surface area contributed by atoms with Gasteiger partial charge in [-0.1, -0.05) is 13.0 Å². The van der Waals surface area contributed by atoms with Crippen molar-refractivity contribution in [3.63, 3.8) is 0 Å². The van der Waals surface area contributed by atoms with Crippen LogP contribution in [-0.2, 0) is 10.0 Å². The van der Waals surface area contributed by atoms with Gasteiger partial charge in [0.1, 0.15) is 5.75 Å². The minimum Gasteiger partial charge on any atom is -0.497 e. The number of carbonyl (C=O) groups excluding carboxylic acids is 1. The molecule has 0 bridgehead atoms. The van der Waals surface area contributed by atoms with Crippen molar-refractivity contribution >= 4 is 21.6 Å². The molecule has 0 spiro atoms. The van der Waals surface area contributed by atoms with E-state index in [1.807, 2.05) is 0 Å². The van der Waals surface area contributed by atoms with Crippen LogP contribution in [0, 0.1) is 12.8 Å². The van der Waals surface area contributed by atoms with Crippen molar-refractivity contribution in [1.82, 2.24) is 5.32 Å². The Labute approximate surface area is 172 Å². The zero-order valence-corrected chi connectivity index (χ0v) is 17.9.